The van der Waals surface area contributed by atoms with Gasteiger partial charge in [0.1, 0.15) is 23.3 Å². The van der Waals surface area contributed by atoms with Crippen LogP contribution in [0.4, 0.5) is 4.39 Å². The van der Waals surface area contributed by atoms with Crippen LogP contribution in [0.15, 0.2) is 109 Å². The Bertz CT molecular complexity index is 2140. The quantitative estimate of drug-likeness (QED) is 0.102. The zero-order valence-corrected chi connectivity index (χ0v) is 30.8. The standard InChI is InChI=1S/C43H43FNO7P/c1-42(2,3)43(30-10-6-4-7-11-30,31-12-8-5-9-13-31)52-35-24-34(51-39(46)26-35)20-22-36-40(28-16-18-32(44)19-17-28)37-25-33(50-27-53(47,48)49)21-23-38(37)45-41(36)29-14-15-29/h4-13,16-23,25,29,34-35H,14-15,24,26-27H2,1-3H3,(H2,47,48,49)/t34-,35-/m1/s1. The highest BCUT2D eigenvalue weighted by Gasteiger charge is 2.49. The SMILES string of the molecule is CC(C)(C)C(O[C@H]1CC(=O)O[C@H](C=Cc2c(C3CC3)nc3ccc(OCP(=O)(O)O)cc3c2-c2ccc(F)cc2)C1)(c1ccccc1)c1ccccc1. The van der Waals surface area contributed by atoms with Gasteiger partial charge in [0, 0.05) is 28.9 Å². The molecule has 1 aromatic heterocycles. The number of cyclic esters (lactones) is 1. The molecule has 0 bridgehead atoms. The van der Waals surface area contributed by atoms with Crippen molar-refractivity contribution in [2.24, 2.45) is 5.41 Å². The molecule has 7 rings (SSSR count). The van der Waals surface area contributed by atoms with Gasteiger partial charge in [-0.2, -0.15) is 0 Å². The zero-order chi connectivity index (χ0) is 37.4. The smallest absolute Gasteiger partial charge is 0.362 e. The van der Waals surface area contributed by atoms with Crippen LogP contribution >= 0.6 is 7.60 Å². The number of carbonyl (C=O) groups excluding carboxylic acids is 1. The van der Waals surface area contributed by atoms with E-state index >= 15 is 0 Å². The number of aromatic nitrogens is 1. The van der Waals surface area contributed by atoms with Gasteiger partial charge in [0.25, 0.3) is 0 Å². The van der Waals surface area contributed by atoms with E-state index in [1.54, 1.807) is 30.3 Å². The molecule has 1 aliphatic carbocycles. The summed E-state index contributed by atoms with van der Waals surface area (Å²) in [6.07, 6.45) is 4.44. The molecule has 0 unspecified atom stereocenters. The predicted octanol–water partition coefficient (Wildman–Crippen LogP) is 9.53. The fourth-order valence-electron chi connectivity index (χ4n) is 7.43. The first-order chi connectivity index (χ1) is 25.3. The molecule has 2 aliphatic rings. The van der Waals surface area contributed by atoms with E-state index in [1.807, 2.05) is 48.6 Å². The Labute approximate surface area is 308 Å². The number of ether oxygens (including phenoxy) is 3. The van der Waals surface area contributed by atoms with Crippen molar-refractivity contribution >= 4 is 30.5 Å². The summed E-state index contributed by atoms with van der Waals surface area (Å²) in [5, 5.41) is 0.673. The number of rotatable bonds is 11. The minimum Gasteiger partial charge on any atom is -0.481 e. The van der Waals surface area contributed by atoms with E-state index in [-0.39, 0.29) is 29.9 Å². The fourth-order valence-corrected chi connectivity index (χ4v) is 7.75. The van der Waals surface area contributed by atoms with Crippen molar-refractivity contribution in [2.45, 2.75) is 70.2 Å². The molecule has 1 saturated heterocycles. The predicted molar refractivity (Wildman–Crippen MR) is 203 cm³/mol. The van der Waals surface area contributed by atoms with E-state index < -0.39 is 37.2 Å². The van der Waals surface area contributed by atoms with Gasteiger partial charge >= 0.3 is 13.6 Å². The number of hydrogen-bond acceptors (Lipinski definition) is 6. The molecule has 0 amide bonds. The first kappa shape index (κ1) is 36.7. The average Bonchev–Trinajstić information content (AvgIpc) is 3.97. The summed E-state index contributed by atoms with van der Waals surface area (Å²) in [5.74, 6) is -0.252. The second-order valence-electron chi connectivity index (χ2n) is 14.9. The number of esters is 1. The normalized spacial score (nSPS) is 18.3. The van der Waals surface area contributed by atoms with Crippen LogP contribution in [0, 0.1) is 11.2 Å². The number of carbonyl (C=O) groups is 1. The van der Waals surface area contributed by atoms with Gasteiger partial charge < -0.3 is 24.0 Å². The van der Waals surface area contributed by atoms with E-state index in [2.05, 4.69) is 45.0 Å². The molecule has 2 heterocycles. The Morgan fingerprint density at radius 1 is 0.925 bits per heavy atom. The van der Waals surface area contributed by atoms with Gasteiger partial charge in [-0.05, 0) is 71.4 Å². The number of hydrogen-bond donors (Lipinski definition) is 2. The Morgan fingerprint density at radius 3 is 2.15 bits per heavy atom. The third kappa shape index (κ3) is 7.99. The van der Waals surface area contributed by atoms with Crippen LogP contribution in [0.5, 0.6) is 5.75 Å². The van der Waals surface area contributed by atoms with Crippen LogP contribution in [0.25, 0.3) is 28.1 Å². The summed E-state index contributed by atoms with van der Waals surface area (Å²) in [6, 6.07) is 31.6. The van der Waals surface area contributed by atoms with E-state index in [9.17, 15) is 23.5 Å². The van der Waals surface area contributed by atoms with E-state index in [0.29, 0.717) is 17.3 Å². The molecule has 4 aromatic carbocycles. The zero-order valence-electron chi connectivity index (χ0n) is 29.9. The van der Waals surface area contributed by atoms with E-state index in [4.69, 9.17) is 19.2 Å². The van der Waals surface area contributed by atoms with Gasteiger partial charge in [-0.3, -0.25) is 14.3 Å². The topological polar surface area (TPSA) is 115 Å². The molecular formula is C43H43FNO7P. The molecule has 1 saturated carbocycles. The maximum absolute atomic E-state index is 14.2. The van der Waals surface area contributed by atoms with Crippen molar-refractivity contribution in [3.8, 4) is 16.9 Å². The van der Waals surface area contributed by atoms with Crippen molar-refractivity contribution in [1.29, 1.82) is 0 Å². The maximum atomic E-state index is 14.2. The van der Waals surface area contributed by atoms with E-state index in [1.165, 1.54) is 12.1 Å². The molecule has 0 spiro atoms. The van der Waals surface area contributed by atoms with Crippen LogP contribution in [-0.2, 0) is 24.4 Å². The molecular weight excluding hydrogens is 692 g/mol. The largest absolute Gasteiger partial charge is 0.481 e. The summed E-state index contributed by atoms with van der Waals surface area (Å²) in [7, 11) is -4.43. The third-order valence-electron chi connectivity index (χ3n) is 9.93. The molecule has 5 aromatic rings. The number of pyridine rings is 1. The minimum absolute atomic E-state index is 0.102. The highest BCUT2D eigenvalue weighted by molar-refractivity contribution is 7.51. The minimum atomic E-state index is -4.43. The number of fused-ring (bicyclic) bond motifs is 1. The number of benzene rings is 4. The molecule has 1 aliphatic heterocycles. The molecule has 274 valence electrons. The van der Waals surface area contributed by atoms with Crippen molar-refractivity contribution in [3.63, 3.8) is 0 Å². The molecule has 8 nitrogen and oxygen atoms in total. The molecule has 2 fully saturated rings. The van der Waals surface area contributed by atoms with Crippen LogP contribution in [0.2, 0.25) is 0 Å². The number of halogens is 1. The van der Waals surface area contributed by atoms with Crippen LogP contribution < -0.4 is 4.74 Å². The van der Waals surface area contributed by atoms with Crippen molar-refractivity contribution in [1.82, 2.24) is 4.98 Å². The molecule has 2 N–H and O–H groups in total. The molecule has 10 heteroatoms. The summed E-state index contributed by atoms with van der Waals surface area (Å²) in [5.41, 5.74) is 4.56. The molecule has 53 heavy (non-hydrogen) atoms. The lowest BCUT2D eigenvalue weighted by molar-refractivity contribution is -0.181. The highest BCUT2D eigenvalue weighted by Crippen LogP contribution is 2.50. The highest BCUT2D eigenvalue weighted by atomic mass is 31.2. The maximum Gasteiger partial charge on any atom is 0.362 e. The molecule has 2 atom stereocenters. The van der Waals surface area contributed by atoms with Gasteiger partial charge in [0.15, 0.2) is 6.35 Å². The average molecular weight is 736 g/mol. The third-order valence-corrected chi connectivity index (χ3v) is 10.4. The van der Waals surface area contributed by atoms with Gasteiger partial charge in [-0.1, -0.05) is 99.6 Å². The summed E-state index contributed by atoms with van der Waals surface area (Å²) in [6.45, 7) is 6.45. The Hall–Kier alpha value is -4.66. The Balaban J connectivity index is 1.29. The van der Waals surface area contributed by atoms with Crippen LogP contribution in [0.1, 0.15) is 74.8 Å². The monoisotopic (exact) mass is 735 g/mol. The fraction of sp³-hybridized carbons (Fsp3) is 0.302. The van der Waals surface area contributed by atoms with Gasteiger partial charge in [-0.25, -0.2) is 4.39 Å². The summed E-state index contributed by atoms with van der Waals surface area (Å²) < 4.78 is 44.4. The van der Waals surface area contributed by atoms with Crippen LogP contribution in [-0.4, -0.2) is 39.3 Å². The van der Waals surface area contributed by atoms with Crippen molar-refractivity contribution in [2.75, 3.05) is 6.35 Å². The first-order valence-electron chi connectivity index (χ1n) is 17.9. The van der Waals surface area contributed by atoms with Gasteiger partial charge in [0.2, 0.25) is 0 Å². The van der Waals surface area contributed by atoms with Crippen molar-refractivity contribution < 1.29 is 37.7 Å². The first-order valence-corrected chi connectivity index (χ1v) is 19.7. The lowest BCUT2D eigenvalue weighted by atomic mass is 9.68. The Kier molecular flexibility index (Phi) is 10.1. The van der Waals surface area contributed by atoms with E-state index in [0.717, 1.165) is 46.4 Å². The van der Waals surface area contributed by atoms with Crippen LogP contribution in [0.3, 0.4) is 0 Å². The second kappa shape index (κ2) is 14.6. The molecule has 0 radical (unpaired) electrons. The summed E-state index contributed by atoms with van der Waals surface area (Å²) >= 11 is 0. The van der Waals surface area contributed by atoms with Gasteiger partial charge in [0.05, 0.1) is 23.7 Å². The lowest BCUT2D eigenvalue weighted by Crippen LogP contribution is -2.48. The number of nitrogens with zero attached hydrogens (tertiary/aromatic N) is 1. The Morgan fingerprint density at radius 2 is 1.57 bits per heavy atom. The van der Waals surface area contributed by atoms with Gasteiger partial charge in [-0.15, -0.1) is 0 Å². The van der Waals surface area contributed by atoms with Crippen molar-refractivity contribution in [3.05, 3.63) is 137 Å². The second-order valence-corrected chi connectivity index (χ2v) is 16.5. The lowest BCUT2D eigenvalue weighted by Gasteiger charge is -2.48. The summed E-state index contributed by atoms with van der Waals surface area (Å²) in [4.78, 5) is 37.2.